The van der Waals surface area contributed by atoms with Gasteiger partial charge in [0, 0.05) is 45.3 Å². The molecule has 4 nitrogen and oxygen atoms in total. The van der Waals surface area contributed by atoms with Gasteiger partial charge in [-0.15, -0.1) is 0 Å². The van der Waals surface area contributed by atoms with E-state index in [4.69, 9.17) is 4.74 Å². The molecule has 0 saturated heterocycles. The fraction of sp³-hybridized carbons (Fsp3) is 0.188. The Kier molecular flexibility index (Phi) is 9.57. The molecule has 1 aliphatic rings. The minimum atomic E-state index is -0.670. The van der Waals surface area contributed by atoms with Crippen molar-refractivity contribution in [3.05, 3.63) is 185 Å². The predicted molar refractivity (Wildman–Crippen MR) is 217 cm³/mol. The van der Waals surface area contributed by atoms with E-state index in [2.05, 4.69) is 166 Å². The topological polar surface area (TPSA) is 32.8 Å². The van der Waals surface area contributed by atoms with Crippen molar-refractivity contribution in [1.29, 1.82) is 0 Å². The second-order valence-electron chi connectivity index (χ2n) is 14.6. The molecule has 7 rings (SSSR count). The Morgan fingerprint density at radius 3 is 1.12 bits per heavy atom. The molecule has 52 heavy (non-hydrogen) atoms. The van der Waals surface area contributed by atoms with Crippen molar-refractivity contribution in [3.8, 4) is 0 Å². The van der Waals surface area contributed by atoms with Gasteiger partial charge in [0.25, 0.3) is 0 Å². The maximum absolute atomic E-state index is 14.1. The number of rotatable bonds is 9. The van der Waals surface area contributed by atoms with Crippen LogP contribution < -0.4 is 9.80 Å². The molecule has 6 aromatic rings. The van der Waals surface area contributed by atoms with Gasteiger partial charge in [-0.2, -0.15) is 0 Å². The highest BCUT2D eigenvalue weighted by molar-refractivity contribution is 6.01. The first kappa shape index (κ1) is 34.6. The molecule has 0 bridgehead atoms. The highest BCUT2D eigenvalue weighted by atomic mass is 16.5. The molecule has 0 spiro atoms. The van der Waals surface area contributed by atoms with Crippen molar-refractivity contribution in [1.82, 2.24) is 0 Å². The minimum absolute atomic E-state index is 0.0943. The van der Waals surface area contributed by atoms with E-state index in [0.29, 0.717) is 18.6 Å². The SMILES string of the molecule is CC1=C(c2ccc(N(c3ccc(C)cc3)c3ccc(C)cc3)cc2)OCC(C)(C(=O)c2ccc(N(c3ccc(C)cc3)c3ccc(C)cc3)cc2)C1. The lowest BCUT2D eigenvalue weighted by Gasteiger charge is -2.35. The maximum atomic E-state index is 14.1. The molecular formula is C48H46N2O2. The first-order valence-electron chi connectivity index (χ1n) is 18.0. The van der Waals surface area contributed by atoms with Crippen LogP contribution in [0.2, 0.25) is 0 Å². The summed E-state index contributed by atoms with van der Waals surface area (Å²) in [6, 6.07) is 50.9. The molecule has 1 unspecified atom stereocenters. The Balaban J connectivity index is 1.11. The lowest BCUT2D eigenvalue weighted by Crippen LogP contribution is -2.36. The second kappa shape index (κ2) is 14.4. The number of carbonyl (C=O) groups is 1. The number of anilines is 6. The standard InChI is InChI=1S/C48H46N2O2/c1-33-7-19-40(20-8-33)49(41-21-9-34(2)10-22-41)44-27-15-38(16-28-44)46-37(5)31-48(6,32-52-46)47(51)39-17-29-45(30-18-39)50(42-23-11-35(3)12-24-42)43-25-13-36(4)14-26-43/h7-30H,31-32H2,1-6H3. The first-order chi connectivity index (χ1) is 25.1. The number of hydrogen-bond acceptors (Lipinski definition) is 4. The monoisotopic (exact) mass is 682 g/mol. The summed E-state index contributed by atoms with van der Waals surface area (Å²) in [6.45, 7) is 12.8. The molecule has 0 fully saturated rings. The van der Waals surface area contributed by atoms with Gasteiger partial charge in [0.05, 0.1) is 5.41 Å². The average molecular weight is 683 g/mol. The predicted octanol–water partition coefficient (Wildman–Crippen LogP) is 12.9. The Morgan fingerprint density at radius 2 is 0.788 bits per heavy atom. The Bertz CT molecular complexity index is 2110. The summed E-state index contributed by atoms with van der Waals surface area (Å²) >= 11 is 0. The molecule has 1 heterocycles. The number of hydrogen-bond donors (Lipinski definition) is 0. The lowest BCUT2D eigenvalue weighted by atomic mass is 9.76. The van der Waals surface area contributed by atoms with E-state index in [9.17, 15) is 4.79 Å². The van der Waals surface area contributed by atoms with Crippen LogP contribution in [0.5, 0.6) is 0 Å². The molecule has 0 radical (unpaired) electrons. The lowest BCUT2D eigenvalue weighted by molar-refractivity contribution is 0.0637. The van der Waals surface area contributed by atoms with Gasteiger partial charge in [-0.1, -0.05) is 70.8 Å². The van der Waals surface area contributed by atoms with E-state index in [-0.39, 0.29) is 5.78 Å². The first-order valence-corrected chi connectivity index (χ1v) is 18.0. The van der Waals surface area contributed by atoms with E-state index >= 15 is 0 Å². The summed E-state index contributed by atoms with van der Waals surface area (Å²) in [5, 5.41) is 0. The molecule has 260 valence electrons. The number of ether oxygens (including phenoxy) is 1. The van der Waals surface area contributed by atoms with Crippen LogP contribution in [-0.4, -0.2) is 12.4 Å². The summed E-state index contributed by atoms with van der Waals surface area (Å²) in [7, 11) is 0. The summed E-state index contributed by atoms with van der Waals surface area (Å²) in [5.74, 6) is 0.952. The van der Waals surface area contributed by atoms with Crippen LogP contribution in [0.25, 0.3) is 5.76 Å². The highest BCUT2D eigenvalue weighted by Crippen LogP contribution is 2.42. The molecule has 4 heteroatoms. The van der Waals surface area contributed by atoms with E-state index in [1.165, 1.54) is 22.3 Å². The van der Waals surface area contributed by atoms with Gasteiger partial charge < -0.3 is 14.5 Å². The van der Waals surface area contributed by atoms with E-state index in [1.807, 2.05) is 31.2 Å². The van der Waals surface area contributed by atoms with Crippen LogP contribution in [0, 0.1) is 33.1 Å². The van der Waals surface area contributed by atoms with Crippen LogP contribution in [0.4, 0.5) is 34.1 Å². The van der Waals surface area contributed by atoms with Crippen LogP contribution in [0.15, 0.2) is 151 Å². The summed E-state index contributed by atoms with van der Waals surface area (Å²) in [4.78, 5) is 18.6. The largest absolute Gasteiger partial charge is 0.492 e. The molecule has 1 atom stereocenters. The fourth-order valence-electron chi connectivity index (χ4n) is 7.09. The van der Waals surface area contributed by atoms with Crippen LogP contribution in [0.1, 0.15) is 58.4 Å². The van der Waals surface area contributed by atoms with Crippen molar-refractivity contribution in [2.75, 3.05) is 16.4 Å². The quantitative estimate of drug-likeness (QED) is 0.142. The Morgan fingerprint density at radius 1 is 0.481 bits per heavy atom. The van der Waals surface area contributed by atoms with Crippen molar-refractivity contribution in [2.24, 2.45) is 5.41 Å². The minimum Gasteiger partial charge on any atom is -0.492 e. The number of allylic oxidation sites excluding steroid dienone is 1. The van der Waals surface area contributed by atoms with Crippen molar-refractivity contribution < 1.29 is 9.53 Å². The zero-order chi connectivity index (χ0) is 36.4. The van der Waals surface area contributed by atoms with Gasteiger partial charge in [-0.3, -0.25) is 4.79 Å². The van der Waals surface area contributed by atoms with Gasteiger partial charge in [0.2, 0.25) is 0 Å². The van der Waals surface area contributed by atoms with Crippen molar-refractivity contribution in [2.45, 2.75) is 48.0 Å². The molecule has 0 saturated carbocycles. The fourth-order valence-corrected chi connectivity index (χ4v) is 7.09. The van der Waals surface area contributed by atoms with Crippen LogP contribution in [0.3, 0.4) is 0 Å². The Hall–Kier alpha value is -5.87. The molecule has 6 aromatic carbocycles. The van der Waals surface area contributed by atoms with Crippen LogP contribution >= 0.6 is 0 Å². The number of aryl methyl sites for hydroxylation is 4. The highest BCUT2D eigenvalue weighted by Gasteiger charge is 2.39. The summed E-state index contributed by atoms with van der Waals surface area (Å²) in [6.07, 6.45) is 0.627. The zero-order valence-electron chi connectivity index (χ0n) is 31.0. The number of ketones is 1. The number of carbonyl (C=O) groups excluding carboxylic acids is 1. The third kappa shape index (κ3) is 7.15. The third-order valence-corrected chi connectivity index (χ3v) is 10.1. The molecule has 1 aliphatic heterocycles. The summed E-state index contributed by atoms with van der Waals surface area (Å²) < 4.78 is 6.46. The average Bonchev–Trinajstić information content (AvgIpc) is 3.15. The third-order valence-electron chi connectivity index (χ3n) is 10.1. The number of nitrogens with zero attached hydrogens (tertiary/aromatic N) is 2. The number of benzene rings is 6. The number of Topliss-reactive ketones (excluding diaryl/α,β-unsaturated/α-hetero) is 1. The smallest absolute Gasteiger partial charge is 0.172 e. The molecule has 0 N–H and O–H groups in total. The van der Waals surface area contributed by atoms with Gasteiger partial charge in [-0.05, 0) is 151 Å². The van der Waals surface area contributed by atoms with Gasteiger partial charge in [0.15, 0.2) is 5.78 Å². The van der Waals surface area contributed by atoms with Gasteiger partial charge in [-0.25, -0.2) is 0 Å². The van der Waals surface area contributed by atoms with Gasteiger partial charge >= 0.3 is 0 Å². The normalized spacial score (nSPS) is 15.6. The van der Waals surface area contributed by atoms with Crippen LogP contribution in [-0.2, 0) is 4.74 Å². The van der Waals surface area contributed by atoms with Crippen molar-refractivity contribution in [3.63, 3.8) is 0 Å². The van der Waals surface area contributed by atoms with Gasteiger partial charge in [0.1, 0.15) is 12.4 Å². The van der Waals surface area contributed by atoms with E-state index < -0.39 is 5.41 Å². The maximum Gasteiger partial charge on any atom is 0.172 e. The van der Waals surface area contributed by atoms with E-state index in [0.717, 1.165) is 51.0 Å². The molecule has 0 aliphatic carbocycles. The molecule has 0 aromatic heterocycles. The Labute approximate surface area is 308 Å². The zero-order valence-corrected chi connectivity index (χ0v) is 31.0. The molecular weight excluding hydrogens is 637 g/mol. The second-order valence-corrected chi connectivity index (χ2v) is 14.6. The summed E-state index contributed by atoms with van der Waals surface area (Å²) in [5.41, 5.74) is 13.4. The molecule has 0 amide bonds. The van der Waals surface area contributed by atoms with Crippen molar-refractivity contribution >= 4 is 45.7 Å². The van der Waals surface area contributed by atoms with E-state index in [1.54, 1.807) is 0 Å².